The van der Waals surface area contributed by atoms with Gasteiger partial charge in [-0.2, -0.15) is 0 Å². The first kappa shape index (κ1) is 19.9. The van der Waals surface area contributed by atoms with E-state index in [9.17, 15) is 19.1 Å². The Morgan fingerprint density at radius 3 is 2.39 bits per heavy atom. The molecule has 2 aromatic carbocycles. The van der Waals surface area contributed by atoms with Crippen molar-refractivity contribution in [1.29, 1.82) is 0 Å². The summed E-state index contributed by atoms with van der Waals surface area (Å²) in [5.41, 5.74) is 1.85. The molecule has 0 unspecified atom stereocenters. The molecule has 2 aromatic rings. The van der Waals surface area contributed by atoms with Crippen molar-refractivity contribution >= 4 is 12.1 Å². The van der Waals surface area contributed by atoms with Gasteiger partial charge in [0.1, 0.15) is 17.5 Å². The van der Waals surface area contributed by atoms with Crippen LogP contribution in [0.25, 0.3) is 0 Å². The molecule has 0 aromatic heterocycles. The molecule has 1 heterocycles. The van der Waals surface area contributed by atoms with Crippen LogP contribution < -0.4 is 0 Å². The number of ether oxygens (including phenoxy) is 1. The number of carbonyl (C=O) groups excluding carboxylic acids is 1. The molecule has 1 aliphatic heterocycles. The number of halogens is 1. The van der Waals surface area contributed by atoms with Crippen LogP contribution in [0.1, 0.15) is 43.4 Å². The molecule has 0 fully saturated rings. The van der Waals surface area contributed by atoms with Crippen molar-refractivity contribution in [2.45, 2.75) is 51.3 Å². The number of carboxylic acid groups (broad SMARTS) is 1. The highest BCUT2D eigenvalue weighted by atomic mass is 19.1. The van der Waals surface area contributed by atoms with Crippen LogP contribution in [0.5, 0.6) is 0 Å². The van der Waals surface area contributed by atoms with Crippen LogP contribution in [0.4, 0.5) is 9.18 Å². The third-order valence-electron chi connectivity index (χ3n) is 4.76. The maximum absolute atomic E-state index is 13.3. The van der Waals surface area contributed by atoms with Gasteiger partial charge in [-0.3, -0.25) is 4.90 Å². The second-order valence-corrected chi connectivity index (χ2v) is 8.03. The lowest BCUT2D eigenvalue weighted by molar-refractivity contribution is -0.144. The quantitative estimate of drug-likeness (QED) is 0.853. The molecule has 0 saturated heterocycles. The molecular weight excluding hydrogens is 361 g/mol. The van der Waals surface area contributed by atoms with Crippen molar-refractivity contribution in [2.24, 2.45) is 0 Å². The van der Waals surface area contributed by atoms with Gasteiger partial charge in [-0.25, -0.2) is 14.0 Å². The fourth-order valence-corrected chi connectivity index (χ4v) is 3.61. The first-order chi connectivity index (χ1) is 13.2. The highest BCUT2D eigenvalue weighted by Gasteiger charge is 2.43. The third kappa shape index (κ3) is 4.32. The number of carbonyl (C=O) groups is 2. The van der Waals surface area contributed by atoms with Crippen molar-refractivity contribution < 1.29 is 23.8 Å². The van der Waals surface area contributed by atoms with E-state index >= 15 is 0 Å². The zero-order chi connectivity index (χ0) is 20.5. The van der Waals surface area contributed by atoms with E-state index in [-0.39, 0.29) is 12.4 Å². The maximum atomic E-state index is 13.3. The van der Waals surface area contributed by atoms with Crippen molar-refractivity contribution in [3.8, 4) is 0 Å². The van der Waals surface area contributed by atoms with Crippen LogP contribution >= 0.6 is 0 Å². The SMILES string of the molecule is CC(C)(C)OC(=O)N1Cc2ccccc2[C@H](Cc2ccc(F)cc2)[C@H]1C(=O)O. The Hall–Kier alpha value is -2.89. The average molecular weight is 385 g/mol. The third-order valence-corrected chi connectivity index (χ3v) is 4.76. The number of fused-ring (bicyclic) bond motifs is 1. The molecule has 1 amide bonds. The summed E-state index contributed by atoms with van der Waals surface area (Å²) in [6.07, 6.45) is -0.286. The summed E-state index contributed by atoms with van der Waals surface area (Å²) >= 11 is 0. The number of hydrogen-bond acceptors (Lipinski definition) is 3. The molecule has 28 heavy (non-hydrogen) atoms. The first-order valence-corrected chi connectivity index (χ1v) is 9.20. The van der Waals surface area contributed by atoms with E-state index in [0.29, 0.717) is 6.42 Å². The number of amides is 1. The van der Waals surface area contributed by atoms with Crippen molar-refractivity contribution in [2.75, 3.05) is 0 Å². The highest BCUT2D eigenvalue weighted by Crippen LogP contribution is 2.37. The monoisotopic (exact) mass is 385 g/mol. The van der Waals surface area contributed by atoms with Crippen LogP contribution in [-0.2, 0) is 22.5 Å². The number of hydrogen-bond donors (Lipinski definition) is 1. The fraction of sp³-hybridized carbons (Fsp3) is 0.364. The summed E-state index contributed by atoms with van der Waals surface area (Å²) < 4.78 is 18.7. The lowest BCUT2D eigenvalue weighted by Gasteiger charge is -2.40. The highest BCUT2D eigenvalue weighted by molar-refractivity contribution is 5.82. The average Bonchev–Trinajstić information content (AvgIpc) is 2.61. The van der Waals surface area contributed by atoms with E-state index in [4.69, 9.17) is 4.74 Å². The van der Waals surface area contributed by atoms with E-state index in [0.717, 1.165) is 16.7 Å². The second-order valence-electron chi connectivity index (χ2n) is 8.03. The van der Waals surface area contributed by atoms with E-state index in [1.165, 1.54) is 17.0 Å². The summed E-state index contributed by atoms with van der Waals surface area (Å²) in [7, 11) is 0. The Morgan fingerprint density at radius 1 is 1.14 bits per heavy atom. The van der Waals surface area contributed by atoms with E-state index in [2.05, 4.69) is 0 Å². The van der Waals surface area contributed by atoms with Crippen LogP contribution in [0.2, 0.25) is 0 Å². The lowest BCUT2D eigenvalue weighted by Crippen LogP contribution is -2.52. The van der Waals surface area contributed by atoms with Crippen molar-refractivity contribution in [1.82, 2.24) is 4.90 Å². The minimum Gasteiger partial charge on any atom is -0.480 e. The van der Waals surface area contributed by atoms with Gasteiger partial charge in [-0.05, 0) is 56.0 Å². The summed E-state index contributed by atoms with van der Waals surface area (Å²) in [4.78, 5) is 26.2. The first-order valence-electron chi connectivity index (χ1n) is 9.20. The van der Waals surface area contributed by atoms with Crippen LogP contribution in [0.3, 0.4) is 0 Å². The molecule has 6 heteroatoms. The predicted octanol–water partition coefficient (Wildman–Crippen LogP) is 4.36. The largest absolute Gasteiger partial charge is 0.480 e. The van der Waals surface area contributed by atoms with Gasteiger partial charge in [-0.1, -0.05) is 36.4 Å². The van der Waals surface area contributed by atoms with Gasteiger partial charge < -0.3 is 9.84 Å². The summed E-state index contributed by atoms with van der Waals surface area (Å²) in [6, 6.07) is 12.4. The Bertz CT molecular complexity index is 873. The number of nitrogens with zero attached hydrogens (tertiary/aromatic N) is 1. The molecule has 0 saturated carbocycles. The molecule has 2 atom stereocenters. The molecule has 5 nitrogen and oxygen atoms in total. The molecule has 0 bridgehead atoms. The molecule has 1 aliphatic rings. The minimum atomic E-state index is -1.09. The summed E-state index contributed by atoms with van der Waals surface area (Å²) in [6.45, 7) is 5.40. The molecule has 0 aliphatic carbocycles. The smallest absolute Gasteiger partial charge is 0.411 e. The van der Waals surface area contributed by atoms with Gasteiger partial charge in [0.15, 0.2) is 0 Å². The van der Waals surface area contributed by atoms with Gasteiger partial charge >= 0.3 is 12.1 Å². The zero-order valence-corrected chi connectivity index (χ0v) is 16.2. The predicted molar refractivity (Wildman–Crippen MR) is 102 cm³/mol. The Morgan fingerprint density at radius 2 is 1.79 bits per heavy atom. The number of carboxylic acids is 1. The van der Waals surface area contributed by atoms with Gasteiger partial charge in [-0.15, -0.1) is 0 Å². The van der Waals surface area contributed by atoms with Crippen molar-refractivity contribution in [3.05, 3.63) is 71.0 Å². The van der Waals surface area contributed by atoms with Gasteiger partial charge in [0.25, 0.3) is 0 Å². The molecule has 1 N–H and O–H groups in total. The topological polar surface area (TPSA) is 66.8 Å². The molecular formula is C22H24FNO4. The summed E-state index contributed by atoms with van der Waals surface area (Å²) in [5, 5.41) is 9.96. The standard InChI is InChI=1S/C22H24FNO4/c1-22(2,3)28-21(27)24-13-15-6-4-5-7-17(15)18(19(24)20(25)26)12-14-8-10-16(23)11-9-14/h4-11,18-19H,12-13H2,1-3H3,(H,25,26)/t18-,19-/m0/s1. The second kappa shape index (κ2) is 7.62. The fourth-order valence-electron chi connectivity index (χ4n) is 3.61. The zero-order valence-electron chi connectivity index (χ0n) is 16.2. The van der Waals surface area contributed by atoms with E-state index in [1.54, 1.807) is 32.9 Å². The maximum Gasteiger partial charge on any atom is 0.411 e. The normalized spacial score (nSPS) is 19.1. The van der Waals surface area contributed by atoms with E-state index in [1.807, 2.05) is 24.3 Å². The lowest BCUT2D eigenvalue weighted by atomic mass is 9.79. The number of rotatable bonds is 3. The Balaban J connectivity index is 2.01. The van der Waals surface area contributed by atoms with Crippen LogP contribution in [0, 0.1) is 5.82 Å². The van der Waals surface area contributed by atoms with Gasteiger partial charge in [0.2, 0.25) is 0 Å². The molecule has 0 spiro atoms. The van der Waals surface area contributed by atoms with Crippen LogP contribution in [-0.4, -0.2) is 33.7 Å². The Kier molecular flexibility index (Phi) is 5.40. The number of benzene rings is 2. The minimum absolute atomic E-state index is 0.169. The molecule has 3 rings (SSSR count). The number of aliphatic carboxylic acids is 1. The summed E-state index contributed by atoms with van der Waals surface area (Å²) in [5.74, 6) is -1.91. The van der Waals surface area contributed by atoms with Gasteiger partial charge in [0, 0.05) is 5.92 Å². The van der Waals surface area contributed by atoms with Gasteiger partial charge in [0.05, 0.1) is 6.54 Å². The molecule has 0 radical (unpaired) electrons. The Labute approximate surface area is 163 Å². The van der Waals surface area contributed by atoms with Crippen LogP contribution in [0.15, 0.2) is 48.5 Å². The van der Waals surface area contributed by atoms with Crippen molar-refractivity contribution in [3.63, 3.8) is 0 Å². The van der Waals surface area contributed by atoms with E-state index < -0.39 is 29.6 Å². The molecule has 148 valence electrons.